The van der Waals surface area contributed by atoms with Crippen molar-refractivity contribution in [2.45, 2.75) is 62.8 Å². The normalized spacial score (nSPS) is 22.1. The Labute approximate surface area is 264 Å². The molecule has 3 aromatic rings. The van der Waals surface area contributed by atoms with Crippen LogP contribution < -0.4 is 10.2 Å². The number of rotatable bonds is 6. The van der Waals surface area contributed by atoms with E-state index in [4.69, 9.17) is 9.84 Å². The molecule has 2 aromatic heterocycles. The van der Waals surface area contributed by atoms with Gasteiger partial charge in [0.2, 0.25) is 0 Å². The highest BCUT2D eigenvalue weighted by atomic mass is 32.1. The van der Waals surface area contributed by atoms with Gasteiger partial charge in [0, 0.05) is 43.2 Å². The first-order valence-electron chi connectivity index (χ1n) is 14.8. The van der Waals surface area contributed by atoms with E-state index in [0.29, 0.717) is 79.1 Å². The Morgan fingerprint density at radius 1 is 1.17 bits per heavy atom. The molecule has 0 unspecified atom stereocenters. The highest BCUT2D eigenvalue weighted by Crippen LogP contribution is 2.45. The lowest BCUT2D eigenvalue weighted by Gasteiger charge is -2.39. The van der Waals surface area contributed by atoms with E-state index in [9.17, 15) is 37.2 Å². The molecule has 1 aromatic carbocycles. The highest BCUT2D eigenvalue weighted by molar-refractivity contribution is 7.11. The molecule has 3 atom stereocenters. The molecule has 1 N–H and O–H groups in total. The van der Waals surface area contributed by atoms with Gasteiger partial charge in [-0.3, -0.25) is 19.3 Å². The number of nitriles is 1. The Morgan fingerprint density at radius 3 is 2.52 bits per heavy atom. The maximum atomic E-state index is 14.3. The quantitative estimate of drug-likeness (QED) is 0.391. The molecule has 2 fully saturated rings. The Balaban J connectivity index is 1.53. The summed E-state index contributed by atoms with van der Waals surface area (Å²) in [6, 6.07) is 5.02. The molecule has 16 heteroatoms. The summed E-state index contributed by atoms with van der Waals surface area (Å²) in [4.78, 5) is 48.2. The third kappa shape index (κ3) is 5.62. The van der Waals surface area contributed by atoms with Gasteiger partial charge in [-0.15, -0.1) is 11.3 Å². The largest absolute Gasteiger partial charge is 0.434 e. The monoisotopic (exact) mass is 659 g/mol. The van der Waals surface area contributed by atoms with Crippen molar-refractivity contribution in [3.63, 3.8) is 0 Å². The third-order valence-corrected chi connectivity index (χ3v) is 9.42. The fraction of sp³-hybridized carbons (Fsp3) is 0.467. The Bertz CT molecular complexity index is 1690. The average Bonchev–Trinajstić information content (AvgIpc) is 3.81. The molecule has 0 spiro atoms. The lowest BCUT2D eigenvalue weighted by molar-refractivity contribution is -0.140. The van der Waals surface area contributed by atoms with E-state index in [2.05, 4.69) is 16.4 Å². The summed E-state index contributed by atoms with van der Waals surface area (Å²) >= 11 is 0.479. The van der Waals surface area contributed by atoms with Crippen LogP contribution in [0, 0.1) is 17.1 Å². The van der Waals surface area contributed by atoms with Crippen molar-refractivity contribution in [3.05, 3.63) is 63.0 Å². The van der Waals surface area contributed by atoms with Gasteiger partial charge in [-0.1, -0.05) is 12.1 Å². The van der Waals surface area contributed by atoms with Crippen LogP contribution in [0.2, 0.25) is 0 Å². The average molecular weight is 660 g/mol. The molecule has 46 heavy (non-hydrogen) atoms. The number of anilines is 1. The molecule has 3 aliphatic heterocycles. The Morgan fingerprint density at radius 2 is 1.89 bits per heavy atom. The van der Waals surface area contributed by atoms with Crippen LogP contribution in [0.4, 0.5) is 23.4 Å². The summed E-state index contributed by atoms with van der Waals surface area (Å²) in [5, 5.41) is 17.3. The van der Waals surface area contributed by atoms with Crippen molar-refractivity contribution in [2.75, 3.05) is 31.2 Å². The van der Waals surface area contributed by atoms with Gasteiger partial charge in [-0.2, -0.15) is 23.5 Å². The molecule has 0 bridgehead atoms. The molecular weight excluding hydrogens is 630 g/mol. The van der Waals surface area contributed by atoms with Crippen LogP contribution in [-0.4, -0.2) is 75.8 Å². The van der Waals surface area contributed by atoms with E-state index in [1.165, 1.54) is 34.1 Å². The van der Waals surface area contributed by atoms with Crippen molar-refractivity contribution in [3.8, 4) is 6.07 Å². The van der Waals surface area contributed by atoms with Gasteiger partial charge in [0.15, 0.2) is 16.4 Å². The number of nitrogens with zero attached hydrogens (tertiary/aromatic N) is 6. The van der Waals surface area contributed by atoms with E-state index in [0.717, 1.165) is 0 Å². The van der Waals surface area contributed by atoms with Crippen LogP contribution in [0.5, 0.6) is 0 Å². The molecule has 2 saturated heterocycles. The first-order chi connectivity index (χ1) is 22.0. The van der Waals surface area contributed by atoms with E-state index in [-0.39, 0.29) is 18.3 Å². The van der Waals surface area contributed by atoms with Crippen LogP contribution >= 0.6 is 11.3 Å². The summed E-state index contributed by atoms with van der Waals surface area (Å²) in [6.07, 6.45) is -2.58. The summed E-state index contributed by atoms with van der Waals surface area (Å²) in [7, 11) is 0. The number of amides is 3. The number of alkyl halides is 3. The van der Waals surface area contributed by atoms with Crippen LogP contribution in [-0.2, 0) is 15.7 Å². The van der Waals surface area contributed by atoms with Gasteiger partial charge in [0.1, 0.15) is 23.7 Å². The van der Waals surface area contributed by atoms with Crippen molar-refractivity contribution < 1.29 is 36.7 Å². The summed E-state index contributed by atoms with van der Waals surface area (Å²) in [5.74, 6) is -3.44. The van der Waals surface area contributed by atoms with E-state index in [1.54, 1.807) is 11.6 Å². The molecule has 0 saturated carbocycles. The number of nitrogens with one attached hydrogen (secondary N) is 1. The van der Waals surface area contributed by atoms with Crippen LogP contribution in [0.15, 0.2) is 29.6 Å². The molecule has 11 nitrogen and oxygen atoms in total. The van der Waals surface area contributed by atoms with Crippen LogP contribution in [0.3, 0.4) is 0 Å². The van der Waals surface area contributed by atoms with Gasteiger partial charge in [-0.05, 0) is 50.3 Å². The van der Waals surface area contributed by atoms with Gasteiger partial charge >= 0.3 is 6.18 Å². The number of aromatic nitrogens is 3. The van der Waals surface area contributed by atoms with Gasteiger partial charge in [-0.25, -0.2) is 14.1 Å². The number of carbonyl (C=O) groups is 3. The smallest absolute Gasteiger partial charge is 0.381 e. The van der Waals surface area contributed by atoms with Crippen molar-refractivity contribution in [2.24, 2.45) is 0 Å². The van der Waals surface area contributed by atoms with Crippen molar-refractivity contribution >= 4 is 34.9 Å². The topological polar surface area (TPSA) is 133 Å². The standard InChI is InChI=1S/C30H29F4N7O4S/c1-2-39-27-22(24(29(44)40-11-3-4-19(40)14-35)38-41(27)18-9-12-45-13-10-18)21(16-5-7-17(31)8-6-16)23(28(39)43)37-25(42)26-36-20(15-46-26)30(32,33)34/h5-8,15,18-19,21,23H,2-4,9-13H2,1H3,(H,37,42)/t19-,21-,23-/m0/s1. The maximum absolute atomic E-state index is 14.3. The number of halogens is 4. The number of thiazole rings is 1. The second-order valence-corrected chi connectivity index (χ2v) is 12.1. The number of fused-ring (bicyclic) bond motifs is 1. The number of benzene rings is 1. The second kappa shape index (κ2) is 12.4. The van der Waals surface area contributed by atoms with E-state index in [1.807, 2.05) is 0 Å². The molecular formula is C30H29F4N7O4S. The van der Waals surface area contributed by atoms with Crippen molar-refractivity contribution in [1.82, 2.24) is 25.0 Å². The predicted molar refractivity (Wildman–Crippen MR) is 156 cm³/mol. The van der Waals surface area contributed by atoms with E-state index < -0.39 is 58.4 Å². The minimum atomic E-state index is -4.77. The predicted octanol–water partition coefficient (Wildman–Crippen LogP) is 4.27. The number of carbonyl (C=O) groups excluding carboxylic acids is 3. The SMILES string of the molecule is CCN1C(=O)[C@@H](NC(=O)c2nc(C(F)(F)F)cs2)[C@@H](c2ccc(F)cc2)c2c(C(=O)N3CCC[C@H]3C#N)nn(C3CCOCC3)c21. The number of likely N-dealkylation sites (N-methyl/N-ethyl adjacent to an activating group) is 1. The zero-order valence-corrected chi connectivity index (χ0v) is 25.4. The van der Waals surface area contributed by atoms with Gasteiger partial charge in [0.25, 0.3) is 17.7 Å². The second-order valence-electron chi connectivity index (χ2n) is 11.3. The first-order valence-corrected chi connectivity index (χ1v) is 15.7. The van der Waals surface area contributed by atoms with E-state index >= 15 is 0 Å². The lowest BCUT2D eigenvalue weighted by atomic mass is 9.80. The zero-order valence-electron chi connectivity index (χ0n) is 24.6. The molecule has 3 amide bonds. The zero-order chi connectivity index (χ0) is 32.7. The Kier molecular flexibility index (Phi) is 8.55. The molecule has 6 rings (SSSR count). The fourth-order valence-electron chi connectivity index (χ4n) is 6.39. The van der Waals surface area contributed by atoms with Crippen molar-refractivity contribution in [1.29, 1.82) is 5.26 Å². The summed E-state index contributed by atoms with van der Waals surface area (Å²) < 4.78 is 61.1. The van der Waals surface area contributed by atoms with Crippen LogP contribution in [0.25, 0.3) is 0 Å². The molecule has 0 radical (unpaired) electrons. The fourth-order valence-corrected chi connectivity index (χ4v) is 7.12. The van der Waals surface area contributed by atoms with Crippen LogP contribution in [0.1, 0.15) is 81.7 Å². The molecule has 5 heterocycles. The maximum Gasteiger partial charge on any atom is 0.434 e. The number of hydrogen-bond donors (Lipinski definition) is 1. The summed E-state index contributed by atoms with van der Waals surface area (Å²) in [6.45, 7) is 3.00. The molecule has 242 valence electrons. The Hall–Kier alpha value is -4.36. The first kappa shape index (κ1) is 31.6. The van der Waals surface area contributed by atoms with Gasteiger partial charge < -0.3 is 15.0 Å². The number of hydrogen-bond acceptors (Lipinski definition) is 8. The third-order valence-electron chi connectivity index (χ3n) is 8.58. The lowest BCUT2D eigenvalue weighted by Crippen LogP contribution is -2.56. The molecule has 0 aliphatic carbocycles. The summed E-state index contributed by atoms with van der Waals surface area (Å²) in [5.41, 5.74) is -0.593. The highest BCUT2D eigenvalue weighted by Gasteiger charge is 2.49. The minimum absolute atomic E-state index is 0.0169. The number of ether oxygens (including phenoxy) is 1. The van der Waals surface area contributed by atoms with Gasteiger partial charge in [0.05, 0.1) is 12.1 Å². The minimum Gasteiger partial charge on any atom is -0.381 e. The molecule has 3 aliphatic rings. The number of likely N-dealkylation sites (tertiary alicyclic amines) is 1.